The van der Waals surface area contributed by atoms with Crippen LogP contribution in [0.1, 0.15) is 50.8 Å². The average Bonchev–Trinajstić information content (AvgIpc) is 2.66. The van der Waals surface area contributed by atoms with Crippen molar-refractivity contribution in [2.75, 3.05) is 17.0 Å². The van der Waals surface area contributed by atoms with Gasteiger partial charge in [-0.3, -0.25) is 4.72 Å². The Balaban J connectivity index is 1.81. The molecule has 164 valence electrons. The largest absolute Gasteiger partial charge is 0.280 e. The summed E-state index contributed by atoms with van der Waals surface area (Å²) in [7, 11) is -7.02. The van der Waals surface area contributed by atoms with Crippen LogP contribution in [0.25, 0.3) is 0 Å². The molecule has 3 rings (SSSR count). The SMILES string of the molecule is CCCS(=O)(=O)N1CCc2ccc(NS(=O)(=O)c3ccc(C(C)(C)C)cc3)cc2C1. The molecule has 0 saturated carbocycles. The fourth-order valence-corrected chi connectivity index (χ4v) is 6.10. The van der Waals surface area contributed by atoms with Crippen LogP contribution in [0, 0.1) is 0 Å². The second-order valence-electron chi connectivity index (χ2n) is 8.76. The van der Waals surface area contributed by atoms with Gasteiger partial charge in [-0.15, -0.1) is 0 Å². The summed E-state index contributed by atoms with van der Waals surface area (Å²) in [5.41, 5.74) is 3.32. The number of fused-ring (bicyclic) bond motifs is 1. The summed E-state index contributed by atoms with van der Waals surface area (Å²) in [6.07, 6.45) is 1.19. The van der Waals surface area contributed by atoms with Crippen LogP contribution in [0.2, 0.25) is 0 Å². The van der Waals surface area contributed by atoms with Gasteiger partial charge in [0.2, 0.25) is 10.0 Å². The summed E-state index contributed by atoms with van der Waals surface area (Å²) in [5.74, 6) is 0.124. The lowest BCUT2D eigenvalue weighted by molar-refractivity contribution is 0.391. The van der Waals surface area contributed by atoms with Crippen molar-refractivity contribution < 1.29 is 16.8 Å². The molecule has 0 radical (unpaired) electrons. The summed E-state index contributed by atoms with van der Waals surface area (Å²) in [4.78, 5) is 0.195. The van der Waals surface area contributed by atoms with Gasteiger partial charge in [0.15, 0.2) is 0 Å². The fourth-order valence-electron chi connectivity index (χ4n) is 3.57. The minimum absolute atomic E-state index is 0.0573. The summed E-state index contributed by atoms with van der Waals surface area (Å²) < 4.78 is 54.6. The highest BCUT2D eigenvalue weighted by Gasteiger charge is 2.26. The summed E-state index contributed by atoms with van der Waals surface area (Å²) in [5, 5.41) is 0. The van der Waals surface area contributed by atoms with Crippen molar-refractivity contribution in [2.45, 2.75) is 57.4 Å². The molecule has 0 spiro atoms. The summed E-state index contributed by atoms with van der Waals surface area (Å²) in [6.45, 7) is 8.80. The first-order chi connectivity index (χ1) is 13.9. The maximum Gasteiger partial charge on any atom is 0.261 e. The summed E-state index contributed by atoms with van der Waals surface area (Å²) in [6, 6.07) is 12.2. The van der Waals surface area contributed by atoms with E-state index in [1.807, 2.05) is 25.1 Å². The molecule has 1 heterocycles. The van der Waals surface area contributed by atoms with Crippen molar-refractivity contribution in [3.63, 3.8) is 0 Å². The molecule has 2 aromatic carbocycles. The smallest absolute Gasteiger partial charge is 0.261 e. The third kappa shape index (κ3) is 5.04. The van der Waals surface area contributed by atoms with E-state index in [4.69, 9.17) is 0 Å². The molecule has 0 atom stereocenters. The number of benzene rings is 2. The average molecular weight is 451 g/mol. The molecule has 2 aromatic rings. The van der Waals surface area contributed by atoms with Gasteiger partial charge in [-0.2, -0.15) is 4.31 Å². The number of sulfonamides is 2. The van der Waals surface area contributed by atoms with Crippen LogP contribution in [0.3, 0.4) is 0 Å². The van der Waals surface area contributed by atoms with Crippen molar-refractivity contribution >= 4 is 25.7 Å². The van der Waals surface area contributed by atoms with E-state index in [1.165, 1.54) is 4.31 Å². The number of anilines is 1. The Bertz CT molecular complexity index is 1120. The van der Waals surface area contributed by atoms with Gasteiger partial charge in [-0.1, -0.05) is 45.9 Å². The number of rotatable bonds is 6. The molecule has 0 bridgehead atoms. The molecule has 1 N–H and O–H groups in total. The van der Waals surface area contributed by atoms with Crippen LogP contribution in [-0.4, -0.2) is 33.4 Å². The van der Waals surface area contributed by atoms with E-state index < -0.39 is 20.0 Å². The fraction of sp³-hybridized carbons (Fsp3) is 0.455. The first-order valence-corrected chi connectivity index (χ1v) is 13.2. The van der Waals surface area contributed by atoms with Crippen molar-refractivity contribution in [3.8, 4) is 0 Å². The van der Waals surface area contributed by atoms with Crippen molar-refractivity contribution in [2.24, 2.45) is 0 Å². The predicted molar refractivity (Wildman–Crippen MR) is 121 cm³/mol. The van der Waals surface area contributed by atoms with Gasteiger partial charge >= 0.3 is 0 Å². The quantitative estimate of drug-likeness (QED) is 0.724. The number of nitrogens with one attached hydrogen (secondary N) is 1. The zero-order chi connectivity index (χ0) is 22.2. The first-order valence-electron chi connectivity index (χ1n) is 10.2. The standard InChI is InChI=1S/C22H30N2O4S2/c1-5-14-29(25,26)24-13-12-17-6-9-20(15-18(17)16-24)23-30(27,28)21-10-7-19(8-11-21)22(2,3)4/h6-11,15,23H,5,12-14,16H2,1-4H3. The molecule has 1 aliphatic heterocycles. The molecule has 0 unspecified atom stereocenters. The molecule has 0 amide bonds. The predicted octanol–water partition coefficient (Wildman–Crippen LogP) is 3.88. The highest BCUT2D eigenvalue weighted by molar-refractivity contribution is 7.92. The Morgan fingerprint density at radius 3 is 2.23 bits per heavy atom. The van der Waals surface area contributed by atoms with E-state index in [0.717, 1.165) is 16.7 Å². The molecule has 1 aliphatic rings. The third-order valence-electron chi connectivity index (χ3n) is 5.32. The van der Waals surface area contributed by atoms with Crippen LogP contribution >= 0.6 is 0 Å². The van der Waals surface area contributed by atoms with Gasteiger partial charge in [0, 0.05) is 18.8 Å². The van der Waals surface area contributed by atoms with Crippen LogP contribution < -0.4 is 4.72 Å². The van der Waals surface area contributed by atoms with Gasteiger partial charge in [0.25, 0.3) is 10.0 Å². The van der Waals surface area contributed by atoms with E-state index in [9.17, 15) is 16.8 Å². The normalized spacial score (nSPS) is 15.6. The minimum atomic E-state index is -3.73. The zero-order valence-corrected chi connectivity index (χ0v) is 19.6. The maximum absolute atomic E-state index is 12.8. The first kappa shape index (κ1) is 22.8. The van der Waals surface area contributed by atoms with Gasteiger partial charge in [-0.05, 0) is 59.2 Å². The van der Waals surface area contributed by atoms with Crippen LogP contribution in [0.5, 0.6) is 0 Å². The van der Waals surface area contributed by atoms with Crippen LogP contribution in [-0.2, 0) is 38.4 Å². The molecule has 8 heteroatoms. The maximum atomic E-state index is 12.8. The second kappa shape index (κ2) is 8.32. The summed E-state index contributed by atoms with van der Waals surface area (Å²) >= 11 is 0. The molecule has 0 aromatic heterocycles. The molecular weight excluding hydrogens is 420 g/mol. The number of nitrogens with zero attached hydrogens (tertiary/aromatic N) is 1. The number of hydrogen-bond donors (Lipinski definition) is 1. The van der Waals surface area contributed by atoms with Crippen molar-refractivity contribution in [1.29, 1.82) is 0 Å². The van der Waals surface area contributed by atoms with E-state index in [0.29, 0.717) is 25.1 Å². The lowest BCUT2D eigenvalue weighted by atomic mass is 9.87. The molecule has 0 saturated heterocycles. The van der Waals surface area contributed by atoms with E-state index in [1.54, 1.807) is 24.3 Å². The highest BCUT2D eigenvalue weighted by Crippen LogP contribution is 2.27. The molecular formula is C22H30N2O4S2. The molecule has 30 heavy (non-hydrogen) atoms. The monoisotopic (exact) mass is 450 g/mol. The topological polar surface area (TPSA) is 83.6 Å². The van der Waals surface area contributed by atoms with Crippen LogP contribution in [0.4, 0.5) is 5.69 Å². The van der Waals surface area contributed by atoms with E-state index >= 15 is 0 Å². The van der Waals surface area contributed by atoms with Gasteiger partial charge in [0.1, 0.15) is 0 Å². The zero-order valence-electron chi connectivity index (χ0n) is 18.0. The molecule has 6 nitrogen and oxygen atoms in total. The second-order valence-corrected chi connectivity index (χ2v) is 12.5. The van der Waals surface area contributed by atoms with Gasteiger partial charge in [0.05, 0.1) is 10.6 Å². The van der Waals surface area contributed by atoms with Crippen molar-refractivity contribution in [1.82, 2.24) is 4.31 Å². The lowest BCUT2D eigenvalue weighted by Crippen LogP contribution is -2.37. The van der Waals surface area contributed by atoms with Gasteiger partial charge in [-0.25, -0.2) is 16.8 Å². The molecule has 0 aliphatic carbocycles. The Hall–Kier alpha value is -1.90. The number of hydrogen-bond acceptors (Lipinski definition) is 4. The Morgan fingerprint density at radius 1 is 0.967 bits per heavy atom. The minimum Gasteiger partial charge on any atom is -0.280 e. The third-order valence-corrected chi connectivity index (χ3v) is 8.74. The highest BCUT2D eigenvalue weighted by atomic mass is 32.2. The molecule has 0 fully saturated rings. The Kier molecular flexibility index (Phi) is 6.32. The van der Waals surface area contributed by atoms with E-state index in [-0.39, 0.29) is 22.6 Å². The van der Waals surface area contributed by atoms with Crippen LogP contribution in [0.15, 0.2) is 47.4 Å². The Labute approximate surface area is 180 Å². The van der Waals surface area contributed by atoms with Gasteiger partial charge < -0.3 is 0 Å². The van der Waals surface area contributed by atoms with E-state index in [2.05, 4.69) is 25.5 Å². The lowest BCUT2D eigenvalue weighted by Gasteiger charge is -2.28. The van der Waals surface area contributed by atoms with Crippen molar-refractivity contribution in [3.05, 3.63) is 59.2 Å². The Morgan fingerprint density at radius 2 is 1.63 bits per heavy atom.